The molecule has 2 aromatic rings. The molecule has 1 fully saturated rings. The normalized spacial score (nSPS) is 17.4. The first-order valence-corrected chi connectivity index (χ1v) is 11.2. The number of anilines is 1. The van der Waals surface area contributed by atoms with Crippen molar-refractivity contribution >= 4 is 69.3 Å². The number of hydrogen-bond acceptors (Lipinski definition) is 8. The van der Waals surface area contributed by atoms with Crippen LogP contribution >= 0.6 is 34.5 Å². The number of rotatable bonds is 6. The summed E-state index contributed by atoms with van der Waals surface area (Å²) in [7, 11) is 2.33. The Labute approximate surface area is 208 Å². The summed E-state index contributed by atoms with van der Waals surface area (Å²) in [5, 5.41) is 5.56. The van der Waals surface area contributed by atoms with Crippen molar-refractivity contribution in [2.75, 3.05) is 26.1 Å². The zero-order valence-electron chi connectivity index (χ0n) is 18.4. The predicted octanol–water partition coefficient (Wildman–Crippen LogP) is 3.34. The van der Waals surface area contributed by atoms with Crippen LogP contribution in [0.5, 0.6) is 0 Å². The number of imide groups is 1. The number of thiophene rings is 1. The van der Waals surface area contributed by atoms with Crippen LogP contribution in [0.15, 0.2) is 18.2 Å². The summed E-state index contributed by atoms with van der Waals surface area (Å²) in [6, 6.07) is 3.66. The molecule has 34 heavy (non-hydrogen) atoms. The van der Waals surface area contributed by atoms with Gasteiger partial charge < -0.3 is 20.1 Å². The maximum Gasteiger partial charge on any atom is 0.348 e. The first kappa shape index (κ1) is 25.5. The number of amides is 4. The highest BCUT2D eigenvalue weighted by Gasteiger charge is 2.50. The second-order valence-corrected chi connectivity index (χ2v) is 9.23. The molecule has 3 rings (SSSR count). The van der Waals surface area contributed by atoms with E-state index in [1.807, 2.05) is 0 Å². The van der Waals surface area contributed by atoms with Gasteiger partial charge in [0.05, 0.1) is 19.8 Å². The molecule has 1 atom stereocenters. The van der Waals surface area contributed by atoms with Gasteiger partial charge in [-0.05, 0) is 31.5 Å². The molecule has 0 unspecified atom stereocenters. The summed E-state index contributed by atoms with van der Waals surface area (Å²) < 4.78 is 9.45. The van der Waals surface area contributed by atoms with E-state index in [4.69, 9.17) is 32.7 Å². The largest absolute Gasteiger partial charge is 0.465 e. The minimum atomic E-state index is -1.52. The molecule has 0 radical (unpaired) electrons. The molecule has 10 nitrogen and oxygen atoms in total. The molecular weight excluding hydrogens is 509 g/mol. The van der Waals surface area contributed by atoms with E-state index >= 15 is 0 Å². The number of nitrogens with one attached hydrogen (secondary N) is 2. The topological polar surface area (TPSA) is 131 Å². The second-order valence-electron chi connectivity index (χ2n) is 7.36. The molecule has 180 valence electrons. The number of hydrogen-bond donors (Lipinski definition) is 2. The van der Waals surface area contributed by atoms with Gasteiger partial charge in [-0.3, -0.25) is 14.5 Å². The van der Waals surface area contributed by atoms with Crippen LogP contribution in [-0.4, -0.2) is 55.4 Å². The Hall–Kier alpha value is -3.15. The van der Waals surface area contributed by atoms with E-state index in [0.717, 1.165) is 23.3 Å². The summed E-state index contributed by atoms with van der Waals surface area (Å²) in [5.74, 6) is -2.96. The van der Waals surface area contributed by atoms with Crippen LogP contribution < -0.4 is 10.6 Å². The van der Waals surface area contributed by atoms with Crippen molar-refractivity contribution in [1.82, 2.24) is 10.2 Å². The zero-order chi connectivity index (χ0) is 25.4. The lowest BCUT2D eigenvalue weighted by Gasteiger charge is -2.23. The molecule has 1 saturated heterocycles. The van der Waals surface area contributed by atoms with Gasteiger partial charge in [-0.15, -0.1) is 11.3 Å². The van der Waals surface area contributed by atoms with Gasteiger partial charge in [-0.25, -0.2) is 14.4 Å². The van der Waals surface area contributed by atoms with Crippen molar-refractivity contribution < 1.29 is 33.4 Å². The van der Waals surface area contributed by atoms with Crippen molar-refractivity contribution in [2.24, 2.45) is 0 Å². The quantitative estimate of drug-likeness (QED) is 0.434. The van der Waals surface area contributed by atoms with E-state index in [1.165, 1.54) is 39.2 Å². The number of urea groups is 1. The van der Waals surface area contributed by atoms with Gasteiger partial charge in [0.25, 0.3) is 5.91 Å². The van der Waals surface area contributed by atoms with Crippen LogP contribution in [0, 0.1) is 6.92 Å². The molecular formula is C21H19Cl2N3O7S. The lowest BCUT2D eigenvalue weighted by Crippen LogP contribution is -2.42. The van der Waals surface area contributed by atoms with Crippen LogP contribution in [0.25, 0.3) is 0 Å². The van der Waals surface area contributed by atoms with E-state index in [0.29, 0.717) is 10.6 Å². The maximum absolute atomic E-state index is 13.1. The van der Waals surface area contributed by atoms with Gasteiger partial charge in [-0.2, -0.15) is 0 Å². The van der Waals surface area contributed by atoms with E-state index < -0.39 is 41.9 Å². The lowest BCUT2D eigenvalue weighted by molar-refractivity contribution is -0.133. The maximum atomic E-state index is 13.1. The molecule has 1 aliphatic heterocycles. The monoisotopic (exact) mass is 527 g/mol. The molecule has 1 aromatic carbocycles. The average Bonchev–Trinajstić information content (AvgIpc) is 3.21. The van der Waals surface area contributed by atoms with Crippen LogP contribution in [-0.2, 0) is 24.6 Å². The van der Waals surface area contributed by atoms with E-state index in [-0.39, 0.29) is 26.0 Å². The minimum Gasteiger partial charge on any atom is -0.465 e. The van der Waals surface area contributed by atoms with Crippen LogP contribution in [0.4, 0.5) is 9.80 Å². The number of methoxy groups -OCH3 is 2. The van der Waals surface area contributed by atoms with Crippen LogP contribution in [0.2, 0.25) is 10.0 Å². The highest BCUT2D eigenvalue weighted by Crippen LogP contribution is 2.36. The van der Waals surface area contributed by atoms with Crippen molar-refractivity contribution in [3.05, 3.63) is 49.8 Å². The molecule has 2 N–H and O–H groups in total. The number of halogens is 2. The zero-order valence-corrected chi connectivity index (χ0v) is 20.7. The number of ether oxygens (including phenoxy) is 2. The Morgan fingerprint density at radius 1 is 1.15 bits per heavy atom. The molecule has 0 saturated carbocycles. The Morgan fingerprint density at radius 3 is 2.38 bits per heavy atom. The van der Waals surface area contributed by atoms with Crippen LogP contribution in [0.3, 0.4) is 0 Å². The third kappa shape index (κ3) is 4.46. The number of esters is 2. The minimum absolute atomic E-state index is 0.0188. The van der Waals surface area contributed by atoms with Gasteiger partial charge in [-0.1, -0.05) is 29.3 Å². The summed E-state index contributed by atoms with van der Waals surface area (Å²) >= 11 is 12.9. The Balaban J connectivity index is 1.85. The fourth-order valence-corrected chi connectivity index (χ4v) is 5.19. The first-order chi connectivity index (χ1) is 15.9. The molecule has 2 heterocycles. The SMILES string of the molecule is COC(=O)c1sc(NC(=O)CN2C(=O)N[C@](C)(c3ccc(Cl)cc3Cl)C2=O)c(C(=O)OC)c1C. The molecule has 0 aliphatic carbocycles. The van der Waals surface area contributed by atoms with Crippen molar-refractivity contribution in [3.8, 4) is 0 Å². The predicted molar refractivity (Wildman–Crippen MR) is 124 cm³/mol. The summed E-state index contributed by atoms with van der Waals surface area (Å²) in [6.07, 6.45) is 0. The van der Waals surface area contributed by atoms with E-state index in [9.17, 15) is 24.0 Å². The Bertz CT molecular complexity index is 1230. The van der Waals surface area contributed by atoms with Crippen molar-refractivity contribution in [3.63, 3.8) is 0 Å². The molecule has 13 heteroatoms. The molecule has 0 spiro atoms. The van der Waals surface area contributed by atoms with Gasteiger partial charge in [0.15, 0.2) is 0 Å². The third-order valence-electron chi connectivity index (χ3n) is 5.21. The second kappa shape index (κ2) is 9.61. The number of carbonyl (C=O) groups excluding carboxylic acids is 5. The van der Waals surface area contributed by atoms with E-state index in [2.05, 4.69) is 10.6 Å². The smallest absolute Gasteiger partial charge is 0.348 e. The summed E-state index contributed by atoms with van der Waals surface area (Å²) in [6.45, 7) is 2.31. The number of carbonyl (C=O) groups is 5. The molecule has 1 aliphatic rings. The number of benzene rings is 1. The fraction of sp³-hybridized carbons (Fsp3) is 0.286. The van der Waals surface area contributed by atoms with Gasteiger partial charge in [0.1, 0.15) is 22.0 Å². The van der Waals surface area contributed by atoms with Crippen LogP contribution in [0.1, 0.15) is 38.1 Å². The molecule has 4 amide bonds. The van der Waals surface area contributed by atoms with Gasteiger partial charge >= 0.3 is 18.0 Å². The fourth-order valence-electron chi connectivity index (χ4n) is 3.46. The van der Waals surface area contributed by atoms with Crippen molar-refractivity contribution in [1.29, 1.82) is 0 Å². The lowest BCUT2D eigenvalue weighted by atomic mass is 9.92. The highest BCUT2D eigenvalue weighted by molar-refractivity contribution is 7.18. The third-order valence-corrected chi connectivity index (χ3v) is 6.94. The van der Waals surface area contributed by atoms with Crippen molar-refractivity contribution in [2.45, 2.75) is 19.4 Å². The van der Waals surface area contributed by atoms with Gasteiger partial charge in [0, 0.05) is 15.6 Å². The number of nitrogens with zero attached hydrogens (tertiary/aromatic N) is 1. The highest BCUT2D eigenvalue weighted by atomic mass is 35.5. The van der Waals surface area contributed by atoms with E-state index in [1.54, 1.807) is 0 Å². The Morgan fingerprint density at radius 2 is 1.79 bits per heavy atom. The Kier molecular flexibility index (Phi) is 7.20. The molecule has 0 bridgehead atoms. The first-order valence-electron chi connectivity index (χ1n) is 9.64. The molecule has 1 aromatic heterocycles. The summed E-state index contributed by atoms with van der Waals surface area (Å²) in [5.41, 5.74) is -0.979. The summed E-state index contributed by atoms with van der Waals surface area (Å²) in [4.78, 5) is 63.5. The van der Waals surface area contributed by atoms with Gasteiger partial charge in [0.2, 0.25) is 5.91 Å². The average molecular weight is 528 g/mol. The standard InChI is InChI=1S/C21H19Cl2N3O7S/c1-9-14(17(28)32-3)16(34-15(9)18(29)33-4)24-13(27)8-26-19(30)21(2,25-20(26)31)11-6-5-10(22)7-12(11)23/h5-7H,8H2,1-4H3,(H,24,27)(H,25,31)/t21-/m1/s1.